The Labute approximate surface area is 141 Å². The summed E-state index contributed by atoms with van der Waals surface area (Å²) in [5.74, 6) is -1.02. The number of nitrogens with zero attached hydrogens (tertiary/aromatic N) is 1. The van der Waals surface area contributed by atoms with E-state index in [0.29, 0.717) is 25.2 Å². The van der Waals surface area contributed by atoms with Crippen molar-refractivity contribution in [1.82, 2.24) is 9.62 Å². The fourth-order valence-corrected chi connectivity index (χ4v) is 4.29. The first-order valence-corrected chi connectivity index (χ1v) is 9.09. The highest BCUT2D eigenvalue weighted by molar-refractivity contribution is 7.89. The van der Waals surface area contributed by atoms with Crippen molar-refractivity contribution in [1.29, 1.82) is 0 Å². The molecule has 1 saturated heterocycles. The van der Waals surface area contributed by atoms with E-state index in [-0.39, 0.29) is 12.4 Å². The van der Waals surface area contributed by atoms with Gasteiger partial charge in [-0.1, -0.05) is 0 Å². The second-order valence-corrected chi connectivity index (χ2v) is 8.01. The number of piperidine rings is 1. The number of rotatable bonds is 5. The molecule has 1 aromatic carbocycles. The summed E-state index contributed by atoms with van der Waals surface area (Å²) in [6.45, 7) is 1.73. The normalized spacial score (nSPS) is 20.3. The van der Waals surface area contributed by atoms with Gasteiger partial charge in [-0.15, -0.1) is 12.4 Å². The van der Waals surface area contributed by atoms with Crippen LogP contribution in [-0.2, 0) is 10.0 Å². The Morgan fingerprint density at radius 1 is 1.13 bits per heavy atom. The van der Waals surface area contributed by atoms with Crippen molar-refractivity contribution in [2.75, 3.05) is 19.6 Å². The first-order valence-electron chi connectivity index (χ1n) is 7.65. The van der Waals surface area contributed by atoms with Gasteiger partial charge in [0.1, 0.15) is 16.5 Å². The summed E-state index contributed by atoms with van der Waals surface area (Å²) in [6.07, 6.45) is 4.00. The molecule has 0 aromatic heterocycles. The van der Waals surface area contributed by atoms with E-state index < -0.39 is 26.6 Å². The largest absolute Gasteiger partial charge is 0.314 e. The van der Waals surface area contributed by atoms with Crippen LogP contribution in [0.5, 0.6) is 0 Å². The summed E-state index contributed by atoms with van der Waals surface area (Å²) < 4.78 is 52.8. The van der Waals surface area contributed by atoms with Crippen LogP contribution >= 0.6 is 12.4 Å². The molecule has 1 aliphatic heterocycles. The van der Waals surface area contributed by atoms with Gasteiger partial charge in [0, 0.05) is 25.2 Å². The topological polar surface area (TPSA) is 49.4 Å². The van der Waals surface area contributed by atoms with Crippen LogP contribution in [0.3, 0.4) is 0 Å². The first kappa shape index (κ1) is 18.6. The van der Waals surface area contributed by atoms with Crippen molar-refractivity contribution in [2.24, 2.45) is 5.92 Å². The Balaban J connectivity index is 0.00000192. The molecule has 2 aliphatic rings. The highest BCUT2D eigenvalue weighted by Crippen LogP contribution is 2.28. The minimum Gasteiger partial charge on any atom is -0.314 e. The molecule has 1 aromatic rings. The Morgan fingerprint density at radius 2 is 1.78 bits per heavy atom. The van der Waals surface area contributed by atoms with Crippen molar-refractivity contribution >= 4 is 22.4 Å². The molecule has 0 atom stereocenters. The smallest absolute Gasteiger partial charge is 0.245 e. The van der Waals surface area contributed by atoms with Gasteiger partial charge in [-0.3, -0.25) is 0 Å². The van der Waals surface area contributed by atoms with E-state index in [2.05, 4.69) is 5.32 Å². The van der Waals surface area contributed by atoms with Crippen LogP contribution in [0.1, 0.15) is 25.7 Å². The SMILES string of the molecule is Cl.O=S(=O)(c1ccc(F)cc1F)N1CCC(NCC2CC2)CC1. The molecule has 1 N–H and O–H groups in total. The van der Waals surface area contributed by atoms with Crippen molar-refractivity contribution < 1.29 is 17.2 Å². The highest BCUT2D eigenvalue weighted by atomic mass is 35.5. The van der Waals surface area contributed by atoms with Gasteiger partial charge < -0.3 is 5.32 Å². The molecule has 8 heteroatoms. The Morgan fingerprint density at radius 3 is 2.35 bits per heavy atom. The lowest BCUT2D eigenvalue weighted by atomic mass is 10.1. The average Bonchev–Trinajstić information content (AvgIpc) is 3.29. The van der Waals surface area contributed by atoms with Gasteiger partial charge >= 0.3 is 0 Å². The van der Waals surface area contributed by atoms with Gasteiger partial charge in [0.25, 0.3) is 0 Å². The summed E-state index contributed by atoms with van der Waals surface area (Å²) in [4.78, 5) is -0.446. The summed E-state index contributed by atoms with van der Waals surface area (Å²) in [5, 5.41) is 3.47. The molecule has 1 heterocycles. The third-order valence-corrected chi connectivity index (χ3v) is 6.29. The third-order valence-electron chi connectivity index (χ3n) is 4.36. The molecule has 23 heavy (non-hydrogen) atoms. The van der Waals surface area contributed by atoms with E-state index in [9.17, 15) is 17.2 Å². The van der Waals surface area contributed by atoms with Crippen LogP contribution in [0.15, 0.2) is 23.1 Å². The second kappa shape index (κ2) is 7.42. The van der Waals surface area contributed by atoms with Gasteiger partial charge in [-0.25, -0.2) is 17.2 Å². The number of halogens is 3. The fraction of sp³-hybridized carbons (Fsp3) is 0.600. The lowest BCUT2D eigenvalue weighted by molar-refractivity contribution is 0.287. The van der Waals surface area contributed by atoms with E-state index in [1.165, 1.54) is 17.1 Å². The molecule has 0 spiro atoms. The molecule has 3 rings (SSSR count). The number of sulfonamides is 1. The molecule has 4 nitrogen and oxygen atoms in total. The predicted octanol–water partition coefficient (Wildman–Crippen LogP) is 2.54. The standard InChI is InChI=1S/C15H20F2N2O2S.ClH/c16-12-3-4-15(14(17)9-12)22(20,21)19-7-5-13(6-8-19)18-10-11-1-2-11;/h3-4,9,11,13,18H,1-2,5-8,10H2;1H. The quantitative estimate of drug-likeness (QED) is 0.871. The molecule has 0 radical (unpaired) electrons. The van der Waals surface area contributed by atoms with Crippen molar-refractivity contribution in [2.45, 2.75) is 36.6 Å². The van der Waals surface area contributed by atoms with Crippen molar-refractivity contribution in [3.05, 3.63) is 29.8 Å². The van der Waals surface area contributed by atoms with E-state index >= 15 is 0 Å². The zero-order valence-electron chi connectivity index (χ0n) is 12.7. The van der Waals surface area contributed by atoms with Gasteiger partial charge in [-0.05, 0) is 50.3 Å². The van der Waals surface area contributed by atoms with Gasteiger partial charge in [0.05, 0.1) is 0 Å². The van der Waals surface area contributed by atoms with Gasteiger partial charge in [0.15, 0.2) is 0 Å². The predicted molar refractivity (Wildman–Crippen MR) is 86.1 cm³/mol. The molecule has 2 fully saturated rings. The maximum absolute atomic E-state index is 13.7. The van der Waals surface area contributed by atoms with Crippen LogP contribution in [0.25, 0.3) is 0 Å². The number of hydrogen-bond donors (Lipinski definition) is 1. The molecular formula is C15H21ClF2N2O2S. The highest BCUT2D eigenvalue weighted by Gasteiger charge is 2.32. The van der Waals surface area contributed by atoms with Gasteiger partial charge in [-0.2, -0.15) is 4.31 Å². The molecule has 1 saturated carbocycles. The summed E-state index contributed by atoms with van der Waals surface area (Å²) in [6, 6.07) is 2.90. The third kappa shape index (κ3) is 4.41. The van der Waals surface area contributed by atoms with E-state index in [1.54, 1.807) is 0 Å². The van der Waals surface area contributed by atoms with Gasteiger partial charge in [0.2, 0.25) is 10.0 Å². The first-order chi connectivity index (χ1) is 10.5. The zero-order chi connectivity index (χ0) is 15.7. The maximum atomic E-state index is 13.7. The van der Waals surface area contributed by atoms with E-state index in [0.717, 1.165) is 37.4 Å². The van der Waals surface area contributed by atoms with Crippen LogP contribution in [0.4, 0.5) is 8.78 Å². The lowest BCUT2D eigenvalue weighted by Gasteiger charge is -2.31. The molecule has 0 amide bonds. The second-order valence-electron chi connectivity index (χ2n) is 6.10. The molecule has 130 valence electrons. The van der Waals surface area contributed by atoms with Crippen LogP contribution in [-0.4, -0.2) is 38.4 Å². The van der Waals surface area contributed by atoms with Crippen LogP contribution in [0.2, 0.25) is 0 Å². The number of hydrogen-bond acceptors (Lipinski definition) is 3. The molecular weight excluding hydrogens is 346 g/mol. The van der Waals surface area contributed by atoms with E-state index in [1.807, 2.05) is 0 Å². The minimum absolute atomic E-state index is 0. The monoisotopic (exact) mass is 366 g/mol. The van der Waals surface area contributed by atoms with Crippen molar-refractivity contribution in [3.63, 3.8) is 0 Å². The lowest BCUT2D eigenvalue weighted by Crippen LogP contribution is -2.45. The molecule has 0 bridgehead atoms. The minimum atomic E-state index is -3.89. The average molecular weight is 367 g/mol. The van der Waals surface area contributed by atoms with Crippen LogP contribution in [0, 0.1) is 17.6 Å². The number of nitrogens with one attached hydrogen (secondary N) is 1. The zero-order valence-corrected chi connectivity index (χ0v) is 14.3. The summed E-state index contributed by atoms with van der Waals surface area (Å²) in [7, 11) is -3.89. The van der Waals surface area contributed by atoms with Crippen molar-refractivity contribution in [3.8, 4) is 0 Å². The molecule has 0 unspecified atom stereocenters. The Bertz CT molecular complexity index is 645. The molecule has 1 aliphatic carbocycles. The maximum Gasteiger partial charge on any atom is 0.245 e. The summed E-state index contributed by atoms with van der Waals surface area (Å²) >= 11 is 0. The Kier molecular flexibility index (Phi) is 5.99. The summed E-state index contributed by atoms with van der Waals surface area (Å²) in [5.41, 5.74) is 0. The Hall–Kier alpha value is -0.760. The fourth-order valence-electron chi connectivity index (χ4n) is 2.78. The van der Waals surface area contributed by atoms with Crippen LogP contribution < -0.4 is 5.32 Å². The number of benzene rings is 1. The van der Waals surface area contributed by atoms with E-state index in [4.69, 9.17) is 0 Å².